The van der Waals surface area contributed by atoms with E-state index >= 15 is 0 Å². The van der Waals surface area contributed by atoms with E-state index in [1.165, 1.54) is 4.88 Å². The van der Waals surface area contributed by atoms with Crippen LogP contribution in [0.5, 0.6) is 5.88 Å². The maximum Gasteiger partial charge on any atom is 0.213 e. The van der Waals surface area contributed by atoms with Crippen molar-refractivity contribution >= 4 is 11.3 Å². The van der Waals surface area contributed by atoms with Crippen molar-refractivity contribution in [2.45, 2.75) is 19.9 Å². The van der Waals surface area contributed by atoms with Crippen molar-refractivity contribution in [3.05, 3.63) is 46.8 Å². The lowest BCUT2D eigenvalue weighted by Crippen LogP contribution is -2.09. The number of aryl methyl sites for hydroxylation is 1. The predicted octanol–water partition coefficient (Wildman–Crippen LogP) is 3.33. The molecule has 0 aliphatic rings. The van der Waals surface area contributed by atoms with Crippen molar-refractivity contribution < 1.29 is 4.74 Å². The van der Waals surface area contributed by atoms with Crippen LogP contribution in [0.2, 0.25) is 0 Å². The van der Waals surface area contributed by atoms with Crippen LogP contribution in [0.4, 0.5) is 0 Å². The molecule has 0 radical (unpaired) electrons. The van der Waals surface area contributed by atoms with Gasteiger partial charge in [0.1, 0.15) is 5.82 Å². The van der Waals surface area contributed by atoms with Crippen molar-refractivity contribution in [1.82, 2.24) is 19.5 Å². The molecule has 21 heavy (non-hydrogen) atoms. The van der Waals surface area contributed by atoms with Gasteiger partial charge in [-0.1, -0.05) is 0 Å². The summed E-state index contributed by atoms with van der Waals surface area (Å²) in [7, 11) is 1.61. The number of hydrogen-bond acceptors (Lipinski definition) is 5. The summed E-state index contributed by atoms with van der Waals surface area (Å²) in [4.78, 5) is 14.3. The Labute approximate surface area is 127 Å². The second kappa shape index (κ2) is 5.65. The quantitative estimate of drug-likeness (QED) is 0.741. The molecule has 5 nitrogen and oxygen atoms in total. The van der Waals surface area contributed by atoms with Crippen molar-refractivity contribution in [1.29, 1.82) is 0 Å². The van der Waals surface area contributed by atoms with Gasteiger partial charge < -0.3 is 9.30 Å². The van der Waals surface area contributed by atoms with Crippen LogP contribution in [0.15, 0.2) is 36.2 Å². The van der Waals surface area contributed by atoms with Crippen molar-refractivity contribution in [3.63, 3.8) is 0 Å². The fourth-order valence-corrected chi connectivity index (χ4v) is 3.02. The summed E-state index contributed by atoms with van der Waals surface area (Å²) in [5, 5.41) is 0. The van der Waals surface area contributed by atoms with Gasteiger partial charge in [0.05, 0.1) is 24.4 Å². The topological polar surface area (TPSA) is 52.8 Å². The summed E-state index contributed by atoms with van der Waals surface area (Å²) in [5.74, 6) is 1.47. The van der Waals surface area contributed by atoms with E-state index in [9.17, 15) is 0 Å². The second-order valence-electron chi connectivity index (χ2n) is 4.71. The molecule has 0 saturated carbocycles. The Hall–Kier alpha value is -2.21. The first-order chi connectivity index (χ1) is 10.2. The molecule has 0 bridgehead atoms. The molecule has 0 amide bonds. The highest BCUT2D eigenvalue weighted by Gasteiger charge is 2.17. The normalized spacial score (nSPS) is 12.3. The van der Waals surface area contributed by atoms with Crippen LogP contribution in [-0.4, -0.2) is 26.6 Å². The van der Waals surface area contributed by atoms with Crippen LogP contribution in [-0.2, 0) is 0 Å². The number of aromatic nitrogens is 4. The van der Waals surface area contributed by atoms with Gasteiger partial charge in [0.2, 0.25) is 5.88 Å². The van der Waals surface area contributed by atoms with Crippen molar-refractivity contribution in [3.8, 4) is 17.3 Å². The maximum absolute atomic E-state index is 5.19. The molecule has 3 aromatic rings. The van der Waals surface area contributed by atoms with Gasteiger partial charge in [0.25, 0.3) is 0 Å². The molecule has 0 N–H and O–H groups in total. The Balaban J connectivity index is 2.03. The van der Waals surface area contributed by atoms with E-state index in [1.54, 1.807) is 30.8 Å². The lowest BCUT2D eigenvalue weighted by atomic mass is 10.2. The Kier molecular flexibility index (Phi) is 3.70. The number of nitrogens with zero attached hydrogens (tertiary/aromatic N) is 4. The van der Waals surface area contributed by atoms with E-state index in [0.717, 1.165) is 17.1 Å². The van der Waals surface area contributed by atoms with Gasteiger partial charge in [-0.15, -0.1) is 11.3 Å². The Bertz CT molecular complexity index is 749. The molecule has 0 aliphatic carbocycles. The number of rotatable bonds is 4. The number of imidazole rings is 1. The summed E-state index contributed by atoms with van der Waals surface area (Å²) in [6.45, 7) is 4.22. The van der Waals surface area contributed by atoms with Crippen LogP contribution in [0.25, 0.3) is 11.4 Å². The zero-order chi connectivity index (χ0) is 14.8. The molecule has 1 atom stereocenters. The SMILES string of the molecule is COc1cc(-c2nccn2C(C)c2ncsc2C)ccn1. The van der Waals surface area contributed by atoms with Crippen LogP contribution in [0.1, 0.15) is 23.5 Å². The van der Waals surface area contributed by atoms with Gasteiger partial charge in [-0.2, -0.15) is 0 Å². The summed E-state index contributed by atoms with van der Waals surface area (Å²) in [5.41, 5.74) is 3.94. The molecule has 6 heteroatoms. The molecule has 0 aromatic carbocycles. The van der Waals surface area contributed by atoms with Gasteiger partial charge in [0.15, 0.2) is 0 Å². The van der Waals surface area contributed by atoms with E-state index in [4.69, 9.17) is 4.74 Å². The van der Waals surface area contributed by atoms with Crippen LogP contribution in [0.3, 0.4) is 0 Å². The minimum absolute atomic E-state index is 0.132. The number of methoxy groups -OCH3 is 1. The first-order valence-corrected chi connectivity index (χ1v) is 7.52. The van der Waals surface area contributed by atoms with Crippen LogP contribution >= 0.6 is 11.3 Å². The predicted molar refractivity (Wildman–Crippen MR) is 82.7 cm³/mol. The summed E-state index contributed by atoms with van der Waals surface area (Å²) >= 11 is 1.66. The summed E-state index contributed by atoms with van der Waals surface area (Å²) < 4.78 is 7.31. The highest BCUT2D eigenvalue weighted by molar-refractivity contribution is 7.09. The molecule has 0 aliphatic heterocycles. The molecular weight excluding hydrogens is 284 g/mol. The Morgan fingerprint density at radius 2 is 2.10 bits per heavy atom. The zero-order valence-electron chi connectivity index (χ0n) is 12.1. The Morgan fingerprint density at radius 1 is 1.24 bits per heavy atom. The average Bonchev–Trinajstić information content (AvgIpc) is 3.15. The molecule has 0 fully saturated rings. The zero-order valence-corrected chi connectivity index (χ0v) is 13.0. The lowest BCUT2D eigenvalue weighted by molar-refractivity contribution is 0.398. The third-order valence-electron chi connectivity index (χ3n) is 3.47. The molecule has 3 aromatic heterocycles. The number of pyridine rings is 1. The van der Waals surface area contributed by atoms with Crippen LogP contribution in [0, 0.1) is 6.92 Å². The number of hydrogen-bond donors (Lipinski definition) is 0. The standard InChI is InChI=1S/C15H16N4OS/c1-10(14-11(2)21-9-18-14)19-7-6-17-15(19)12-4-5-16-13(8-12)20-3/h4-10H,1-3H3. The van der Waals surface area contributed by atoms with Crippen LogP contribution < -0.4 is 4.74 Å². The van der Waals surface area contributed by atoms with E-state index in [0.29, 0.717) is 5.88 Å². The highest BCUT2D eigenvalue weighted by atomic mass is 32.1. The molecule has 0 spiro atoms. The van der Waals surface area contributed by atoms with Crippen molar-refractivity contribution in [2.75, 3.05) is 7.11 Å². The summed E-state index contributed by atoms with van der Waals surface area (Å²) in [6.07, 6.45) is 5.51. The highest BCUT2D eigenvalue weighted by Crippen LogP contribution is 2.28. The smallest absolute Gasteiger partial charge is 0.213 e. The third kappa shape index (κ3) is 2.54. The monoisotopic (exact) mass is 300 g/mol. The largest absolute Gasteiger partial charge is 0.481 e. The molecule has 108 valence electrons. The fourth-order valence-electron chi connectivity index (χ4n) is 2.36. The number of thiazole rings is 1. The van der Waals surface area contributed by atoms with Crippen molar-refractivity contribution in [2.24, 2.45) is 0 Å². The minimum Gasteiger partial charge on any atom is -0.481 e. The van der Waals surface area contributed by atoms with E-state index < -0.39 is 0 Å². The van der Waals surface area contributed by atoms with Gasteiger partial charge in [-0.05, 0) is 19.9 Å². The minimum atomic E-state index is 0.132. The summed E-state index contributed by atoms with van der Waals surface area (Å²) in [6, 6.07) is 3.95. The first-order valence-electron chi connectivity index (χ1n) is 6.64. The molecular formula is C15H16N4OS. The maximum atomic E-state index is 5.19. The lowest BCUT2D eigenvalue weighted by Gasteiger charge is -2.15. The van der Waals surface area contributed by atoms with Gasteiger partial charge in [-0.3, -0.25) is 0 Å². The second-order valence-corrected chi connectivity index (χ2v) is 5.77. The van der Waals surface area contributed by atoms with E-state index in [1.807, 2.05) is 23.8 Å². The molecule has 3 heterocycles. The molecule has 0 saturated heterocycles. The fraction of sp³-hybridized carbons (Fsp3) is 0.267. The van der Waals surface area contributed by atoms with Gasteiger partial charge >= 0.3 is 0 Å². The van der Waals surface area contributed by atoms with E-state index in [2.05, 4.69) is 33.4 Å². The molecule has 3 rings (SSSR count). The molecule has 1 unspecified atom stereocenters. The average molecular weight is 300 g/mol. The number of ether oxygens (including phenoxy) is 1. The van der Waals surface area contributed by atoms with Gasteiger partial charge in [-0.25, -0.2) is 15.0 Å². The van der Waals surface area contributed by atoms with E-state index in [-0.39, 0.29) is 6.04 Å². The van der Waals surface area contributed by atoms with Gasteiger partial charge in [0, 0.05) is 35.1 Å². The first kappa shape index (κ1) is 13.8. The Morgan fingerprint density at radius 3 is 2.81 bits per heavy atom. The third-order valence-corrected chi connectivity index (χ3v) is 4.24.